The van der Waals surface area contributed by atoms with Crippen LogP contribution >= 0.6 is 0 Å². The highest BCUT2D eigenvalue weighted by molar-refractivity contribution is 5.81. The van der Waals surface area contributed by atoms with Crippen LogP contribution in [0.2, 0.25) is 0 Å². The molecule has 1 rings (SSSR count). The van der Waals surface area contributed by atoms with E-state index in [0.717, 1.165) is 18.6 Å². The molecule has 52 valence electrons. The molecule has 0 heterocycles. The summed E-state index contributed by atoms with van der Waals surface area (Å²) in [6.45, 7) is 0. The zero-order valence-corrected chi connectivity index (χ0v) is 5.95. The Morgan fingerprint density at radius 1 is 0.778 bits per heavy atom. The molecule has 0 aromatic heterocycles. The molecule has 0 bridgehead atoms. The maximum Gasteiger partial charge on any atom is 0.00891 e. The van der Waals surface area contributed by atoms with E-state index in [4.69, 9.17) is 5.41 Å². The van der Waals surface area contributed by atoms with Crippen LogP contribution in [0.1, 0.15) is 44.9 Å². The average Bonchev–Trinajstić information content (AvgIpc) is 1.79. The summed E-state index contributed by atoms with van der Waals surface area (Å²) in [5, 5.41) is 7.43. The highest BCUT2D eigenvalue weighted by atomic mass is 14.4. The molecule has 0 radical (unpaired) electrons. The van der Waals surface area contributed by atoms with Crippen LogP contribution in [0, 0.1) is 5.41 Å². The van der Waals surface area contributed by atoms with Crippen molar-refractivity contribution in [2.75, 3.05) is 0 Å². The third-order valence-corrected chi connectivity index (χ3v) is 1.96. The summed E-state index contributed by atoms with van der Waals surface area (Å²) in [5.74, 6) is 0. The fourth-order valence-electron chi connectivity index (χ4n) is 1.33. The molecule has 0 amide bonds. The van der Waals surface area contributed by atoms with Gasteiger partial charge >= 0.3 is 0 Å². The van der Waals surface area contributed by atoms with Crippen LogP contribution in [0.15, 0.2) is 0 Å². The smallest absolute Gasteiger partial charge is 0.00891 e. The third kappa shape index (κ3) is 2.64. The molecule has 1 saturated carbocycles. The van der Waals surface area contributed by atoms with Crippen molar-refractivity contribution in [2.45, 2.75) is 44.9 Å². The molecule has 0 atom stereocenters. The van der Waals surface area contributed by atoms with Gasteiger partial charge in [-0.05, 0) is 25.7 Å². The summed E-state index contributed by atoms with van der Waals surface area (Å²) in [4.78, 5) is 0. The Morgan fingerprint density at radius 3 is 1.78 bits per heavy atom. The van der Waals surface area contributed by atoms with E-state index in [0.29, 0.717) is 0 Å². The molecule has 1 nitrogen and oxygen atoms in total. The van der Waals surface area contributed by atoms with Crippen molar-refractivity contribution in [1.29, 1.82) is 5.41 Å². The van der Waals surface area contributed by atoms with Gasteiger partial charge in [-0.1, -0.05) is 19.3 Å². The van der Waals surface area contributed by atoms with Crippen LogP contribution in [0.4, 0.5) is 0 Å². The molecule has 0 unspecified atom stereocenters. The molecule has 0 aromatic carbocycles. The first-order valence-electron chi connectivity index (χ1n) is 3.96. The zero-order chi connectivity index (χ0) is 6.53. The van der Waals surface area contributed by atoms with Crippen LogP contribution < -0.4 is 0 Å². The van der Waals surface area contributed by atoms with E-state index in [2.05, 4.69) is 0 Å². The highest BCUT2D eigenvalue weighted by Crippen LogP contribution is 2.13. The Kier molecular flexibility index (Phi) is 2.75. The van der Waals surface area contributed by atoms with Crippen molar-refractivity contribution in [3.63, 3.8) is 0 Å². The lowest BCUT2D eigenvalue weighted by Gasteiger charge is -2.07. The van der Waals surface area contributed by atoms with Crippen molar-refractivity contribution in [3.05, 3.63) is 0 Å². The highest BCUT2D eigenvalue weighted by Gasteiger charge is 2.01. The molecular formula is C8H15N. The van der Waals surface area contributed by atoms with Gasteiger partial charge < -0.3 is 5.41 Å². The van der Waals surface area contributed by atoms with Crippen molar-refractivity contribution >= 4 is 5.71 Å². The van der Waals surface area contributed by atoms with E-state index in [1.165, 1.54) is 32.1 Å². The van der Waals surface area contributed by atoms with Gasteiger partial charge in [0.05, 0.1) is 0 Å². The summed E-state index contributed by atoms with van der Waals surface area (Å²) in [5.41, 5.74) is 0.981. The predicted molar refractivity (Wildman–Crippen MR) is 40.0 cm³/mol. The lowest BCUT2D eigenvalue weighted by molar-refractivity contribution is 0.605. The van der Waals surface area contributed by atoms with Crippen molar-refractivity contribution < 1.29 is 0 Å². The van der Waals surface area contributed by atoms with E-state index in [1.807, 2.05) is 0 Å². The topological polar surface area (TPSA) is 23.9 Å². The standard InChI is InChI=1S/C8H15N/c9-8-6-4-2-1-3-5-7-8/h9H,1-7H2. The van der Waals surface area contributed by atoms with Gasteiger partial charge in [-0.15, -0.1) is 0 Å². The predicted octanol–water partition coefficient (Wildman–Crippen LogP) is 2.75. The van der Waals surface area contributed by atoms with E-state index in [9.17, 15) is 0 Å². The van der Waals surface area contributed by atoms with Gasteiger partial charge in [0, 0.05) is 5.71 Å². The molecule has 1 aliphatic carbocycles. The maximum atomic E-state index is 7.43. The first kappa shape index (κ1) is 6.79. The van der Waals surface area contributed by atoms with Crippen LogP contribution in [0.5, 0.6) is 0 Å². The van der Waals surface area contributed by atoms with Gasteiger partial charge in [0.15, 0.2) is 0 Å². The second-order valence-corrected chi connectivity index (χ2v) is 2.87. The van der Waals surface area contributed by atoms with E-state index < -0.39 is 0 Å². The molecule has 1 heteroatoms. The Hall–Kier alpha value is -0.330. The molecule has 1 N–H and O–H groups in total. The lowest BCUT2D eigenvalue weighted by Crippen LogP contribution is -1.99. The Labute approximate surface area is 57.0 Å². The van der Waals surface area contributed by atoms with Crippen LogP contribution in [0.3, 0.4) is 0 Å². The number of hydrogen-bond donors (Lipinski definition) is 1. The van der Waals surface area contributed by atoms with Gasteiger partial charge in [-0.3, -0.25) is 0 Å². The monoisotopic (exact) mass is 125 g/mol. The van der Waals surface area contributed by atoms with Crippen LogP contribution in [0.25, 0.3) is 0 Å². The quantitative estimate of drug-likeness (QED) is 0.514. The third-order valence-electron chi connectivity index (χ3n) is 1.96. The number of rotatable bonds is 0. The molecule has 9 heavy (non-hydrogen) atoms. The summed E-state index contributed by atoms with van der Waals surface area (Å²) in [7, 11) is 0. The average molecular weight is 125 g/mol. The van der Waals surface area contributed by atoms with Crippen LogP contribution in [-0.4, -0.2) is 5.71 Å². The van der Waals surface area contributed by atoms with E-state index in [1.54, 1.807) is 0 Å². The molecule has 0 aromatic rings. The molecule has 0 aliphatic heterocycles. The summed E-state index contributed by atoms with van der Waals surface area (Å²) in [6.07, 6.45) is 8.76. The maximum absolute atomic E-state index is 7.43. The molecule has 0 spiro atoms. The first-order chi connectivity index (χ1) is 4.39. The SMILES string of the molecule is N=C1CCCCCCC1. The first-order valence-corrected chi connectivity index (χ1v) is 3.96. The molecule has 1 fully saturated rings. The zero-order valence-electron chi connectivity index (χ0n) is 5.95. The van der Waals surface area contributed by atoms with E-state index >= 15 is 0 Å². The number of nitrogens with one attached hydrogen (secondary N) is 1. The molecule has 0 saturated heterocycles. The van der Waals surface area contributed by atoms with Gasteiger partial charge in [0.25, 0.3) is 0 Å². The minimum absolute atomic E-state index is 0.981. The molecule has 1 aliphatic rings. The fourth-order valence-corrected chi connectivity index (χ4v) is 1.33. The van der Waals surface area contributed by atoms with Crippen molar-refractivity contribution in [1.82, 2.24) is 0 Å². The van der Waals surface area contributed by atoms with Gasteiger partial charge in [-0.25, -0.2) is 0 Å². The minimum Gasteiger partial charge on any atom is -0.310 e. The van der Waals surface area contributed by atoms with Gasteiger partial charge in [0.2, 0.25) is 0 Å². The summed E-state index contributed by atoms with van der Waals surface area (Å²) in [6, 6.07) is 0. The fraction of sp³-hybridized carbons (Fsp3) is 0.875. The van der Waals surface area contributed by atoms with Crippen molar-refractivity contribution in [2.24, 2.45) is 0 Å². The second-order valence-electron chi connectivity index (χ2n) is 2.87. The number of hydrogen-bond acceptors (Lipinski definition) is 1. The summed E-state index contributed by atoms with van der Waals surface area (Å²) < 4.78 is 0. The van der Waals surface area contributed by atoms with Gasteiger partial charge in [0.1, 0.15) is 0 Å². The van der Waals surface area contributed by atoms with Crippen molar-refractivity contribution in [3.8, 4) is 0 Å². The van der Waals surface area contributed by atoms with Crippen LogP contribution in [-0.2, 0) is 0 Å². The lowest BCUT2D eigenvalue weighted by atomic mass is 10.00. The van der Waals surface area contributed by atoms with E-state index in [-0.39, 0.29) is 0 Å². The minimum atomic E-state index is 0.981. The summed E-state index contributed by atoms with van der Waals surface area (Å²) >= 11 is 0. The second kappa shape index (κ2) is 3.65. The Balaban J connectivity index is 2.20. The Bertz CT molecular complexity index is 86.7. The Morgan fingerprint density at radius 2 is 1.22 bits per heavy atom. The van der Waals surface area contributed by atoms with Gasteiger partial charge in [-0.2, -0.15) is 0 Å². The normalized spacial score (nSPS) is 22.9. The largest absolute Gasteiger partial charge is 0.310 e. The molecular weight excluding hydrogens is 110 g/mol.